The molecular weight excluding hydrogens is 547 g/mol. The van der Waals surface area contributed by atoms with Gasteiger partial charge in [-0.2, -0.15) is 74.6 Å². The van der Waals surface area contributed by atoms with Crippen LogP contribution >= 0.6 is 0 Å². The van der Waals surface area contributed by atoms with Crippen LogP contribution in [0.3, 0.4) is 0 Å². The summed E-state index contributed by atoms with van der Waals surface area (Å²) in [6.07, 6.45) is -7.28. The van der Waals surface area contributed by atoms with Crippen molar-refractivity contribution in [3.63, 3.8) is 0 Å². The van der Waals surface area contributed by atoms with E-state index in [1.54, 1.807) is 0 Å². The first-order valence-corrected chi connectivity index (χ1v) is 7.71. The number of esters is 1. The molecule has 0 aliphatic heterocycles. The normalized spacial score (nSPS) is 14.3. The number of hydrogen-bond acceptors (Lipinski definition) is 2. The van der Waals surface area contributed by atoms with E-state index in [0.717, 1.165) is 5.92 Å². The quantitative estimate of drug-likeness (QED) is 0.167. The zero-order chi connectivity index (χ0) is 28.5. The van der Waals surface area contributed by atoms with Crippen LogP contribution in [0.2, 0.25) is 0 Å². The molecule has 0 saturated carbocycles. The smallest absolute Gasteiger partial charge is 0.449 e. The van der Waals surface area contributed by atoms with Gasteiger partial charge in [0.25, 0.3) is 0 Å². The Morgan fingerprint density at radius 3 is 1.37 bits per heavy atom. The summed E-state index contributed by atoms with van der Waals surface area (Å²) in [4.78, 5) is 10.6. The van der Waals surface area contributed by atoms with Gasteiger partial charge >= 0.3 is 53.6 Å². The van der Waals surface area contributed by atoms with Crippen molar-refractivity contribution in [1.29, 1.82) is 0 Å². The number of hydrogen-bond donors (Lipinski definition) is 0. The summed E-state index contributed by atoms with van der Waals surface area (Å²) in [7, 11) is 0. The maximum atomic E-state index is 13.5. The first kappa shape index (κ1) is 32.1. The van der Waals surface area contributed by atoms with Gasteiger partial charge in [-0.25, -0.2) is 4.79 Å². The number of carbonyl (C=O) groups excluding carboxylic acids is 1. The Kier molecular flexibility index (Phi) is 8.54. The van der Waals surface area contributed by atoms with Crippen LogP contribution < -0.4 is 0 Å². The molecule has 0 atom stereocenters. The Morgan fingerprint density at radius 2 is 1.00 bits per heavy atom. The van der Waals surface area contributed by atoms with Gasteiger partial charge in [0.1, 0.15) is 0 Å². The van der Waals surface area contributed by atoms with Crippen molar-refractivity contribution in [3.05, 3.63) is 12.7 Å². The van der Waals surface area contributed by atoms with E-state index >= 15 is 0 Å². The molecule has 2 nitrogen and oxygen atoms in total. The summed E-state index contributed by atoms with van der Waals surface area (Å²) in [5, 5.41) is 0. The molecule has 0 saturated heterocycles. The highest BCUT2D eigenvalue weighted by atomic mass is 19.4. The third-order valence-corrected chi connectivity index (χ3v) is 3.55. The number of alkyl halides is 17. The fourth-order valence-corrected chi connectivity index (χ4v) is 1.60. The van der Waals surface area contributed by atoms with Crippen LogP contribution in [-0.2, 0) is 9.53 Å². The molecule has 0 rings (SSSR count). The third-order valence-electron chi connectivity index (χ3n) is 3.55. The van der Waals surface area contributed by atoms with Crippen LogP contribution in [0.4, 0.5) is 74.6 Å². The number of carbonyl (C=O) groups is 1. The lowest BCUT2D eigenvalue weighted by Gasteiger charge is -2.42. The van der Waals surface area contributed by atoms with Gasteiger partial charge in [0.2, 0.25) is 0 Å². The van der Waals surface area contributed by atoms with Crippen LogP contribution in [0.15, 0.2) is 12.7 Å². The number of ether oxygens (including phenoxy) is 1. The van der Waals surface area contributed by atoms with E-state index < -0.39 is 60.2 Å². The molecular formula is C16H5F17O2. The Morgan fingerprint density at radius 1 is 0.629 bits per heavy atom. The zero-order valence-corrected chi connectivity index (χ0v) is 15.7. The summed E-state index contributed by atoms with van der Waals surface area (Å²) in [6, 6.07) is 0. The van der Waals surface area contributed by atoms with Crippen molar-refractivity contribution < 1.29 is 84.2 Å². The van der Waals surface area contributed by atoms with E-state index in [0.29, 0.717) is 12.0 Å². The molecule has 0 aliphatic rings. The van der Waals surface area contributed by atoms with Gasteiger partial charge in [-0.1, -0.05) is 6.58 Å². The molecule has 0 bridgehead atoms. The van der Waals surface area contributed by atoms with Crippen molar-refractivity contribution in [1.82, 2.24) is 0 Å². The Bertz CT molecular complexity index is 937. The van der Waals surface area contributed by atoms with E-state index in [9.17, 15) is 79.4 Å². The van der Waals surface area contributed by atoms with Gasteiger partial charge in [0.05, 0.1) is 0 Å². The molecule has 0 N–H and O–H groups in total. The molecule has 19 heteroatoms. The van der Waals surface area contributed by atoms with Crippen LogP contribution in [0.25, 0.3) is 0 Å². The highest BCUT2D eigenvalue weighted by molar-refractivity contribution is 5.81. The van der Waals surface area contributed by atoms with Gasteiger partial charge in [0, 0.05) is 6.08 Å². The first-order chi connectivity index (χ1) is 15.2. The topological polar surface area (TPSA) is 26.3 Å². The molecule has 0 amide bonds. The van der Waals surface area contributed by atoms with E-state index in [1.807, 2.05) is 0 Å². The van der Waals surface area contributed by atoms with Gasteiger partial charge in [-0.3, -0.25) is 0 Å². The van der Waals surface area contributed by atoms with Gasteiger partial charge in [-0.05, 0) is 23.7 Å². The fourth-order valence-electron chi connectivity index (χ4n) is 1.60. The third kappa shape index (κ3) is 5.08. The van der Waals surface area contributed by atoms with Crippen molar-refractivity contribution in [2.24, 2.45) is 0 Å². The first-order valence-electron chi connectivity index (χ1n) is 7.71. The second-order valence-corrected chi connectivity index (χ2v) is 5.88. The van der Waals surface area contributed by atoms with Crippen LogP contribution in [0.5, 0.6) is 0 Å². The minimum atomic E-state index is -8.70. The molecule has 0 unspecified atom stereocenters. The molecule has 0 aromatic rings. The summed E-state index contributed by atoms with van der Waals surface area (Å²) in [5.41, 5.74) is 0. The Balaban J connectivity index is 6.43. The summed E-state index contributed by atoms with van der Waals surface area (Å²) in [6.45, 7) is 1.85. The fraction of sp³-hybridized carbons (Fsp3) is 0.562. The zero-order valence-electron chi connectivity index (χ0n) is 15.7. The van der Waals surface area contributed by atoms with Crippen molar-refractivity contribution in [3.8, 4) is 23.7 Å². The van der Waals surface area contributed by atoms with E-state index in [2.05, 4.69) is 11.3 Å². The summed E-state index contributed by atoms with van der Waals surface area (Å²) < 4.78 is 225. The van der Waals surface area contributed by atoms with Crippen LogP contribution in [0, 0.1) is 23.7 Å². The maximum Gasteiger partial charge on any atom is 0.460 e. The lowest BCUT2D eigenvalue weighted by Crippen LogP contribution is -2.74. The van der Waals surface area contributed by atoms with Crippen molar-refractivity contribution in [2.75, 3.05) is 6.61 Å². The number of halogens is 17. The average Bonchev–Trinajstić information content (AvgIpc) is 2.68. The largest absolute Gasteiger partial charge is 0.460 e. The molecule has 0 aromatic heterocycles. The van der Waals surface area contributed by atoms with Crippen LogP contribution in [0.1, 0.15) is 0 Å². The molecule has 0 fully saturated rings. The van der Waals surface area contributed by atoms with Gasteiger partial charge < -0.3 is 4.74 Å². The average molecular weight is 552 g/mol. The minimum Gasteiger partial charge on any atom is -0.449 e. The maximum absolute atomic E-state index is 13.5. The van der Waals surface area contributed by atoms with Crippen LogP contribution in [-0.4, -0.2) is 60.2 Å². The highest BCUT2D eigenvalue weighted by Crippen LogP contribution is 2.63. The van der Waals surface area contributed by atoms with E-state index in [-0.39, 0.29) is 5.92 Å². The molecule has 0 spiro atoms. The molecule has 0 aliphatic carbocycles. The summed E-state index contributed by atoms with van der Waals surface area (Å²) in [5.74, 6) is -55.5. The predicted octanol–water partition coefficient (Wildman–Crippen LogP) is 5.73. The van der Waals surface area contributed by atoms with E-state index in [4.69, 9.17) is 0 Å². The molecule has 0 heterocycles. The SMILES string of the molecule is C=CC(=O)OCC#CC#CC(F)(F)C(F)(F)C(F)(F)C(F)(F)C(F)(F)C(F)(F)C(F)(F)C(F)(F)F. The molecule has 35 heavy (non-hydrogen) atoms. The summed E-state index contributed by atoms with van der Waals surface area (Å²) >= 11 is 0. The standard InChI is InChI=1S/C16H5F17O2/c1-2-8(34)35-7-5-3-4-6-9(17,18)10(19,20)11(21,22)12(23,24)13(25,26)14(27,28)15(29,30)16(31,32)33/h2H,1,7H2. The second-order valence-electron chi connectivity index (χ2n) is 5.88. The van der Waals surface area contributed by atoms with E-state index in [1.165, 1.54) is 5.92 Å². The monoisotopic (exact) mass is 552 g/mol. The lowest BCUT2D eigenvalue weighted by atomic mass is 9.89. The van der Waals surface area contributed by atoms with Crippen molar-refractivity contribution in [2.45, 2.75) is 47.6 Å². The molecule has 0 aromatic carbocycles. The highest BCUT2D eigenvalue weighted by Gasteiger charge is 2.95. The Hall–Kier alpha value is -2.86. The minimum absolute atomic E-state index is 0.217. The number of rotatable bonds is 8. The van der Waals surface area contributed by atoms with Gasteiger partial charge in [-0.15, -0.1) is 0 Å². The van der Waals surface area contributed by atoms with Crippen molar-refractivity contribution >= 4 is 5.97 Å². The van der Waals surface area contributed by atoms with Gasteiger partial charge in [0.15, 0.2) is 6.61 Å². The molecule has 200 valence electrons. The second kappa shape index (κ2) is 9.30. The predicted molar refractivity (Wildman–Crippen MR) is 77.4 cm³/mol. The Labute approximate surface area is 182 Å². The molecule has 0 radical (unpaired) electrons. The lowest BCUT2D eigenvalue weighted by molar-refractivity contribution is -0.459.